The monoisotopic (exact) mass is 391 g/mol. The number of nitrogens with zero attached hydrogens (tertiary/aromatic N) is 3. The van der Waals surface area contributed by atoms with Gasteiger partial charge in [0.15, 0.2) is 11.5 Å². The number of hydrogen-bond acceptors (Lipinski definition) is 8. The van der Waals surface area contributed by atoms with E-state index < -0.39 is 7.12 Å². The lowest BCUT2D eigenvalue weighted by atomic mass is 9.78. The van der Waals surface area contributed by atoms with Crippen LogP contribution in [-0.2, 0) is 4.79 Å². The summed E-state index contributed by atoms with van der Waals surface area (Å²) in [5.74, 6) is 2.76. The van der Waals surface area contributed by atoms with Gasteiger partial charge in [-0.05, 0) is 31.1 Å². The normalized spacial score (nSPS) is 14.2. The second kappa shape index (κ2) is 10.7. The third-order valence-corrected chi connectivity index (χ3v) is 4.87. The second-order valence-electron chi connectivity index (χ2n) is 6.52. The molecule has 0 amide bonds. The van der Waals surface area contributed by atoms with Crippen molar-refractivity contribution in [3.8, 4) is 11.5 Å². The zero-order chi connectivity index (χ0) is 20.5. The molecule has 0 radical (unpaired) electrons. The fourth-order valence-corrected chi connectivity index (χ4v) is 3.44. The first-order chi connectivity index (χ1) is 13.5. The largest absolute Gasteiger partial charge is 0.493 e. The molecule has 1 saturated heterocycles. The number of carbonyl (C=O) groups is 1. The van der Waals surface area contributed by atoms with Gasteiger partial charge in [-0.15, -0.1) is 0 Å². The van der Waals surface area contributed by atoms with Crippen molar-refractivity contribution >= 4 is 30.3 Å². The van der Waals surface area contributed by atoms with E-state index in [1.165, 1.54) is 0 Å². The minimum atomic E-state index is -1.20. The summed E-state index contributed by atoms with van der Waals surface area (Å²) in [7, 11) is 2.03. The molecule has 2 aromatic rings. The molecule has 0 spiro atoms. The van der Waals surface area contributed by atoms with E-state index >= 15 is 0 Å². The number of carboxylic acid groups (broad SMARTS) is 1. The summed E-state index contributed by atoms with van der Waals surface area (Å²) in [4.78, 5) is 19.5. The molecule has 152 valence electrons. The van der Waals surface area contributed by atoms with Gasteiger partial charge in [0.05, 0.1) is 19.7 Å². The Morgan fingerprint density at radius 3 is 2.36 bits per heavy atom. The second-order valence-corrected chi connectivity index (χ2v) is 6.52. The summed E-state index contributed by atoms with van der Waals surface area (Å²) in [5.41, 5.74) is 0.827. The van der Waals surface area contributed by atoms with E-state index in [-0.39, 0.29) is 6.47 Å². The Kier molecular flexibility index (Phi) is 8.28. The van der Waals surface area contributed by atoms with Crippen LogP contribution in [0.3, 0.4) is 0 Å². The molecule has 1 aromatic heterocycles. The number of aromatic nitrogens is 2. The van der Waals surface area contributed by atoms with Crippen molar-refractivity contribution in [3.63, 3.8) is 0 Å². The van der Waals surface area contributed by atoms with E-state index in [1.807, 2.05) is 12.1 Å². The molecule has 1 aliphatic rings. The molecule has 1 fully saturated rings. The van der Waals surface area contributed by atoms with E-state index in [0.717, 1.165) is 49.1 Å². The highest BCUT2D eigenvalue weighted by atomic mass is 16.5. The topological polar surface area (TPSA) is 125 Å². The number of anilines is 1. The maximum absolute atomic E-state index is 9.03. The van der Waals surface area contributed by atoms with Gasteiger partial charge in [0.1, 0.15) is 12.1 Å². The maximum Gasteiger partial charge on any atom is 0.451 e. The zero-order valence-corrected chi connectivity index (χ0v) is 16.1. The molecule has 3 rings (SSSR count). The molecule has 0 saturated carbocycles. The van der Waals surface area contributed by atoms with Gasteiger partial charge in [0.2, 0.25) is 0 Å². The Labute approximate surface area is 164 Å². The summed E-state index contributed by atoms with van der Waals surface area (Å²) < 4.78 is 10.8. The highest BCUT2D eigenvalue weighted by molar-refractivity contribution is 6.40. The van der Waals surface area contributed by atoms with Crippen LogP contribution in [0.25, 0.3) is 10.9 Å². The lowest BCUT2D eigenvalue weighted by Crippen LogP contribution is -2.34. The third kappa shape index (κ3) is 5.46. The van der Waals surface area contributed by atoms with Crippen LogP contribution >= 0.6 is 0 Å². The van der Waals surface area contributed by atoms with E-state index in [1.54, 1.807) is 20.5 Å². The number of benzene rings is 1. The summed E-state index contributed by atoms with van der Waals surface area (Å²) >= 11 is 0. The van der Waals surface area contributed by atoms with Crippen LogP contribution in [0.5, 0.6) is 11.5 Å². The Hall–Kier alpha value is -2.59. The van der Waals surface area contributed by atoms with Crippen LogP contribution in [-0.4, -0.2) is 66.0 Å². The standard InChI is InChI=1S/C17H24BN3O4.CH2O2/c1-24-15-9-13-14(10-16(15)25-2)19-11-20-17(13)21-7-4-12(5-8-21)3-6-18(22)23;2-1-3/h9-12,22-23H,3-8H2,1-2H3;1H,(H,2,3). The molecular formula is C18H26BN3O6. The van der Waals surface area contributed by atoms with Crippen LogP contribution in [0.2, 0.25) is 6.32 Å². The lowest BCUT2D eigenvalue weighted by Gasteiger charge is -2.33. The molecular weight excluding hydrogens is 365 g/mol. The Balaban J connectivity index is 0.000000878. The molecule has 3 N–H and O–H groups in total. The first-order valence-electron chi connectivity index (χ1n) is 9.09. The van der Waals surface area contributed by atoms with Crippen molar-refractivity contribution in [2.24, 2.45) is 5.92 Å². The first-order valence-corrected chi connectivity index (χ1v) is 9.09. The average Bonchev–Trinajstić information content (AvgIpc) is 2.71. The number of ether oxygens (including phenoxy) is 2. The predicted octanol–water partition coefficient (Wildman–Crippen LogP) is 1.43. The molecule has 10 heteroatoms. The fraction of sp³-hybridized carbons (Fsp3) is 0.500. The van der Waals surface area contributed by atoms with Crippen LogP contribution in [0.15, 0.2) is 18.5 Å². The third-order valence-electron chi connectivity index (χ3n) is 4.87. The van der Waals surface area contributed by atoms with E-state index in [9.17, 15) is 0 Å². The van der Waals surface area contributed by atoms with Gasteiger partial charge in [0.25, 0.3) is 6.47 Å². The van der Waals surface area contributed by atoms with Crippen molar-refractivity contribution in [2.45, 2.75) is 25.6 Å². The highest BCUT2D eigenvalue weighted by Crippen LogP contribution is 2.36. The summed E-state index contributed by atoms with van der Waals surface area (Å²) in [6.07, 6.45) is 4.91. The molecule has 0 bridgehead atoms. The summed E-state index contributed by atoms with van der Waals surface area (Å²) in [6, 6.07) is 3.80. The predicted molar refractivity (Wildman–Crippen MR) is 106 cm³/mol. The summed E-state index contributed by atoms with van der Waals surface area (Å²) in [6.45, 7) is 1.54. The molecule has 9 nitrogen and oxygen atoms in total. The Morgan fingerprint density at radius 1 is 1.18 bits per heavy atom. The number of piperidine rings is 1. The van der Waals surface area contributed by atoms with Gasteiger partial charge >= 0.3 is 7.12 Å². The number of methoxy groups -OCH3 is 2. The van der Waals surface area contributed by atoms with Crippen molar-refractivity contribution in [1.29, 1.82) is 0 Å². The van der Waals surface area contributed by atoms with Crippen LogP contribution < -0.4 is 14.4 Å². The van der Waals surface area contributed by atoms with Gasteiger partial charge in [-0.3, -0.25) is 4.79 Å². The molecule has 0 atom stereocenters. The number of fused-ring (bicyclic) bond motifs is 1. The zero-order valence-electron chi connectivity index (χ0n) is 16.1. The number of rotatable bonds is 6. The van der Waals surface area contributed by atoms with Gasteiger partial charge in [-0.1, -0.05) is 6.42 Å². The quantitative estimate of drug-likeness (QED) is 0.495. The van der Waals surface area contributed by atoms with E-state index in [0.29, 0.717) is 23.7 Å². The molecule has 1 aromatic carbocycles. The van der Waals surface area contributed by atoms with Gasteiger partial charge in [-0.25, -0.2) is 9.97 Å². The first kappa shape index (κ1) is 21.7. The summed E-state index contributed by atoms with van der Waals surface area (Å²) in [5, 5.41) is 25.9. The van der Waals surface area contributed by atoms with Gasteiger partial charge in [-0.2, -0.15) is 0 Å². The van der Waals surface area contributed by atoms with Crippen LogP contribution in [0, 0.1) is 5.92 Å². The molecule has 0 unspecified atom stereocenters. The van der Waals surface area contributed by atoms with Crippen LogP contribution in [0.4, 0.5) is 5.82 Å². The molecule has 28 heavy (non-hydrogen) atoms. The molecule has 2 heterocycles. The smallest absolute Gasteiger partial charge is 0.451 e. The Morgan fingerprint density at radius 2 is 1.79 bits per heavy atom. The Bertz CT molecular complexity index is 768. The lowest BCUT2D eigenvalue weighted by molar-refractivity contribution is -0.122. The van der Waals surface area contributed by atoms with Gasteiger partial charge < -0.3 is 29.5 Å². The maximum atomic E-state index is 9.03. The fourth-order valence-electron chi connectivity index (χ4n) is 3.44. The number of hydrogen-bond donors (Lipinski definition) is 3. The van der Waals surface area contributed by atoms with E-state index in [2.05, 4.69) is 14.9 Å². The minimum absolute atomic E-state index is 0.250. The molecule has 0 aliphatic carbocycles. The van der Waals surface area contributed by atoms with Crippen molar-refractivity contribution in [3.05, 3.63) is 18.5 Å². The van der Waals surface area contributed by atoms with Crippen LogP contribution in [0.1, 0.15) is 19.3 Å². The highest BCUT2D eigenvalue weighted by Gasteiger charge is 2.23. The van der Waals surface area contributed by atoms with E-state index in [4.69, 9.17) is 29.4 Å². The average molecular weight is 391 g/mol. The van der Waals surface area contributed by atoms with Crippen molar-refractivity contribution in [1.82, 2.24) is 9.97 Å². The van der Waals surface area contributed by atoms with Gasteiger partial charge in [0, 0.05) is 24.5 Å². The SMILES string of the molecule is COc1cc2ncnc(N3CCC(CCB(O)O)CC3)c2cc1OC.O=CO. The van der Waals surface area contributed by atoms with Crippen molar-refractivity contribution in [2.75, 3.05) is 32.2 Å². The molecule has 1 aliphatic heterocycles. The minimum Gasteiger partial charge on any atom is -0.493 e. The van der Waals surface area contributed by atoms with Crippen molar-refractivity contribution < 1.29 is 29.4 Å².